The van der Waals surface area contributed by atoms with Crippen molar-refractivity contribution in [2.45, 2.75) is 19.3 Å². The van der Waals surface area contributed by atoms with Crippen LogP contribution in [-0.4, -0.2) is 34.1 Å². The third-order valence-electron chi connectivity index (χ3n) is 4.91. The summed E-state index contributed by atoms with van der Waals surface area (Å²) in [5.74, 6) is -1.31. The van der Waals surface area contributed by atoms with Gasteiger partial charge in [0.25, 0.3) is 0 Å². The lowest BCUT2D eigenvalue weighted by Crippen LogP contribution is -2.35. The molecule has 0 bridgehead atoms. The number of rotatable bonds is 4. The van der Waals surface area contributed by atoms with Crippen LogP contribution in [0.1, 0.15) is 19.3 Å². The summed E-state index contributed by atoms with van der Waals surface area (Å²) >= 11 is 7.13. The Bertz CT molecular complexity index is 1050. The summed E-state index contributed by atoms with van der Waals surface area (Å²) in [5.41, 5.74) is 0.615. The number of carbonyl (C=O) groups is 1. The molecular formula is C19H16ClF2N3O2S. The number of hydrogen-bond acceptors (Lipinski definition) is 5. The van der Waals surface area contributed by atoms with E-state index in [1.807, 2.05) is 11.4 Å². The van der Waals surface area contributed by atoms with Gasteiger partial charge in [0.05, 0.1) is 20.8 Å². The van der Waals surface area contributed by atoms with Gasteiger partial charge in [0, 0.05) is 19.5 Å². The van der Waals surface area contributed by atoms with E-state index in [1.54, 1.807) is 0 Å². The van der Waals surface area contributed by atoms with Gasteiger partial charge in [0.2, 0.25) is 0 Å². The molecule has 0 aliphatic carbocycles. The Labute approximate surface area is 168 Å². The molecule has 0 radical (unpaired) electrons. The highest BCUT2D eigenvalue weighted by atomic mass is 35.5. The lowest BCUT2D eigenvalue weighted by atomic mass is 9.93. The van der Waals surface area contributed by atoms with E-state index < -0.39 is 17.6 Å². The van der Waals surface area contributed by atoms with Crippen LogP contribution in [0.5, 0.6) is 0 Å². The summed E-state index contributed by atoms with van der Waals surface area (Å²) in [5, 5.41) is 10.6. The summed E-state index contributed by atoms with van der Waals surface area (Å²) in [7, 11) is 0. The number of aliphatic carboxylic acids is 1. The van der Waals surface area contributed by atoms with Gasteiger partial charge in [0.15, 0.2) is 11.6 Å². The number of anilines is 1. The van der Waals surface area contributed by atoms with Gasteiger partial charge in [-0.05, 0) is 42.3 Å². The van der Waals surface area contributed by atoms with Crippen molar-refractivity contribution in [2.75, 3.05) is 18.0 Å². The smallest absolute Gasteiger partial charge is 0.303 e. The molecule has 0 atom stereocenters. The van der Waals surface area contributed by atoms with Gasteiger partial charge in [-0.25, -0.2) is 18.7 Å². The molecular weight excluding hydrogens is 408 g/mol. The van der Waals surface area contributed by atoms with Crippen molar-refractivity contribution in [3.8, 4) is 11.4 Å². The Morgan fingerprint density at radius 2 is 2.00 bits per heavy atom. The normalized spacial score (nSPS) is 15.3. The van der Waals surface area contributed by atoms with Crippen LogP contribution in [0.3, 0.4) is 0 Å². The van der Waals surface area contributed by atoms with E-state index in [-0.39, 0.29) is 28.7 Å². The predicted molar refractivity (Wildman–Crippen MR) is 105 cm³/mol. The van der Waals surface area contributed by atoms with Gasteiger partial charge >= 0.3 is 5.97 Å². The SMILES string of the molecule is O=C(O)CC1CCN(c2nc(-c3cc(F)c(Cl)cc3F)nc3ccsc23)CC1. The molecule has 3 heterocycles. The molecule has 9 heteroatoms. The summed E-state index contributed by atoms with van der Waals surface area (Å²) in [6.45, 7) is 1.30. The van der Waals surface area contributed by atoms with Crippen LogP contribution in [-0.2, 0) is 4.79 Å². The zero-order valence-electron chi connectivity index (χ0n) is 14.7. The molecule has 146 valence electrons. The van der Waals surface area contributed by atoms with Gasteiger partial charge in [-0.3, -0.25) is 4.79 Å². The molecule has 2 aromatic heterocycles. The number of hydrogen-bond donors (Lipinski definition) is 1. The number of carboxylic acids is 1. The highest BCUT2D eigenvalue weighted by Crippen LogP contribution is 2.35. The largest absolute Gasteiger partial charge is 0.481 e. The van der Waals surface area contributed by atoms with E-state index in [0.29, 0.717) is 24.4 Å². The first-order valence-corrected chi connectivity index (χ1v) is 10.0. The van der Waals surface area contributed by atoms with Crippen molar-refractivity contribution >= 4 is 44.9 Å². The van der Waals surface area contributed by atoms with E-state index in [9.17, 15) is 13.6 Å². The fourth-order valence-corrected chi connectivity index (χ4v) is 4.47. The highest BCUT2D eigenvalue weighted by Gasteiger charge is 2.25. The van der Waals surface area contributed by atoms with E-state index >= 15 is 0 Å². The molecule has 0 amide bonds. The number of nitrogens with zero attached hydrogens (tertiary/aromatic N) is 3. The summed E-state index contributed by atoms with van der Waals surface area (Å²) in [4.78, 5) is 21.9. The van der Waals surface area contributed by atoms with Crippen molar-refractivity contribution in [1.29, 1.82) is 0 Å². The number of thiophene rings is 1. The van der Waals surface area contributed by atoms with E-state index in [1.165, 1.54) is 11.3 Å². The summed E-state index contributed by atoms with van der Waals surface area (Å²) in [6, 6.07) is 3.74. The molecule has 0 spiro atoms. The standard InChI is InChI=1S/C19H16ClF2N3O2S/c20-12-9-13(21)11(8-14(12)22)18-23-15-3-6-28-17(15)19(24-18)25-4-1-10(2-5-25)7-16(26)27/h3,6,8-10H,1-2,4-5,7H2,(H,26,27). The van der Waals surface area contributed by atoms with Gasteiger partial charge in [-0.1, -0.05) is 11.6 Å². The zero-order chi connectivity index (χ0) is 19.8. The maximum Gasteiger partial charge on any atom is 0.303 e. The topological polar surface area (TPSA) is 66.3 Å². The first kappa shape index (κ1) is 19.0. The van der Waals surface area contributed by atoms with Gasteiger partial charge in [-0.2, -0.15) is 0 Å². The van der Waals surface area contributed by atoms with Crippen molar-refractivity contribution < 1.29 is 18.7 Å². The van der Waals surface area contributed by atoms with Crippen LogP contribution >= 0.6 is 22.9 Å². The maximum atomic E-state index is 14.4. The minimum absolute atomic E-state index is 0.0444. The highest BCUT2D eigenvalue weighted by molar-refractivity contribution is 7.17. The molecule has 1 fully saturated rings. The molecule has 1 N–H and O–H groups in total. The Morgan fingerprint density at radius 3 is 2.71 bits per heavy atom. The molecule has 3 aromatic rings. The lowest BCUT2D eigenvalue weighted by molar-refractivity contribution is -0.138. The monoisotopic (exact) mass is 423 g/mol. The molecule has 0 saturated carbocycles. The minimum atomic E-state index is -0.788. The zero-order valence-corrected chi connectivity index (χ0v) is 16.2. The number of carboxylic acid groups (broad SMARTS) is 1. The fraction of sp³-hybridized carbons (Fsp3) is 0.316. The summed E-state index contributed by atoms with van der Waals surface area (Å²) in [6.07, 6.45) is 1.64. The van der Waals surface area contributed by atoms with Crippen LogP contribution in [0.25, 0.3) is 21.6 Å². The Morgan fingerprint density at radius 1 is 1.25 bits per heavy atom. The maximum absolute atomic E-state index is 14.4. The van der Waals surface area contributed by atoms with Crippen molar-refractivity contribution in [2.24, 2.45) is 5.92 Å². The number of halogens is 3. The third kappa shape index (κ3) is 3.66. The quantitative estimate of drug-likeness (QED) is 0.599. The predicted octanol–water partition coefficient (Wildman–Crippen LogP) is 4.98. The van der Waals surface area contributed by atoms with Crippen molar-refractivity contribution in [3.63, 3.8) is 0 Å². The Balaban J connectivity index is 1.71. The first-order chi connectivity index (χ1) is 13.4. The molecule has 1 saturated heterocycles. The minimum Gasteiger partial charge on any atom is -0.481 e. The van der Waals surface area contributed by atoms with E-state index in [4.69, 9.17) is 16.7 Å². The number of benzene rings is 1. The second kappa shape index (κ2) is 7.60. The average molecular weight is 424 g/mol. The molecule has 5 nitrogen and oxygen atoms in total. The average Bonchev–Trinajstić information content (AvgIpc) is 3.13. The summed E-state index contributed by atoms with van der Waals surface area (Å²) < 4.78 is 29.2. The lowest BCUT2D eigenvalue weighted by Gasteiger charge is -2.32. The third-order valence-corrected chi connectivity index (χ3v) is 6.10. The molecule has 1 aliphatic heterocycles. The number of aromatic nitrogens is 2. The van der Waals surface area contributed by atoms with Crippen LogP contribution in [0.4, 0.5) is 14.6 Å². The van der Waals surface area contributed by atoms with Crippen molar-refractivity contribution in [1.82, 2.24) is 9.97 Å². The van der Waals surface area contributed by atoms with Crippen LogP contribution in [0.2, 0.25) is 5.02 Å². The molecule has 28 heavy (non-hydrogen) atoms. The van der Waals surface area contributed by atoms with E-state index in [2.05, 4.69) is 14.9 Å². The number of fused-ring (bicyclic) bond motifs is 1. The molecule has 1 aliphatic rings. The Hall–Kier alpha value is -2.32. The van der Waals surface area contributed by atoms with E-state index in [0.717, 1.165) is 29.7 Å². The first-order valence-electron chi connectivity index (χ1n) is 8.79. The molecule has 0 unspecified atom stereocenters. The molecule has 1 aromatic carbocycles. The van der Waals surface area contributed by atoms with Gasteiger partial charge in [0.1, 0.15) is 11.6 Å². The number of piperidine rings is 1. The fourth-order valence-electron chi connectivity index (χ4n) is 3.47. The van der Waals surface area contributed by atoms with Crippen LogP contribution in [0.15, 0.2) is 23.6 Å². The van der Waals surface area contributed by atoms with Crippen molar-refractivity contribution in [3.05, 3.63) is 40.2 Å². The Kier molecular flexibility index (Phi) is 5.16. The molecule has 4 rings (SSSR count). The van der Waals surface area contributed by atoms with Gasteiger partial charge < -0.3 is 10.0 Å². The van der Waals surface area contributed by atoms with Crippen LogP contribution < -0.4 is 4.90 Å². The second-order valence-corrected chi connectivity index (χ2v) is 8.10. The van der Waals surface area contributed by atoms with Gasteiger partial charge in [-0.15, -0.1) is 11.3 Å². The van der Waals surface area contributed by atoms with Crippen LogP contribution in [0, 0.1) is 17.6 Å². The second-order valence-electron chi connectivity index (χ2n) is 6.78.